The first-order chi connectivity index (χ1) is 8.76. The highest BCUT2D eigenvalue weighted by Crippen LogP contribution is 2.26. The van der Waals surface area contributed by atoms with E-state index in [9.17, 15) is 9.18 Å². The fourth-order valence-electron chi connectivity index (χ4n) is 1.90. The average molecular weight is 288 g/mol. The Labute approximate surface area is 118 Å². The van der Waals surface area contributed by atoms with Crippen molar-refractivity contribution in [3.05, 3.63) is 28.8 Å². The Morgan fingerprint density at radius 1 is 1.58 bits per heavy atom. The molecule has 3 nitrogen and oxygen atoms in total. The van der Waals surface area contributed by atoms with Crippen LogP contribution in [0.5, 0.6) is 0 Å². The molecule has 106 valence electrons. The normalized spacial score (nSPS) is 13.2. The molecule has 5 heteroatoms. The molecule has 0 aliphatic heterocycles. The molecular formula is C14H19ClFNO2. The van der Waals surface area contributed by atoms with Gasteiger partial charge in [0.1, 0.15) is 16.6 Å². The van der Waals surface area contributed by atoms with Gasteiger partial charge in [-0.3, -0.25) is 4.79 Å². The molecule has 19 heavy (non-hydrogen) atoms. The number of nitrogens with zero attached hydrogens (tertiary/aromatic N) is 1. The fraction of sp³-hybridized carbons (Fsp3) is 0.571. The molecule has 1 aromatic heterocycles. The largest absolute Gasteiger partial charge is 0.459 e. The third-order valence-electron chi connectivity index (χ3n) is 2.90. The highest BCUT2D eigenvalue weighted by atomic mass is 35.5. The average Bonchev–Trinajstić information content (AvgIpc) is 2.30. The van der Waals surface area contributed by atoms with E-state index in [-0.39, 0.29) is 10.7 Å². The molecule has 0 aliphatic carbocycles. The van der Waals surface area contributed by atoms with E-state index in [1.807, 2.05) is 20.8 Å². The van der Waals surface area contributed by atoms with Gasteiger partial charge in [0.2, 0.25) is 0 Å². The van der Waals surface area contributed by atoms with Crippen LogP contribution in [0.25, 0.3) is 0 Å². The predicted molar refractivity (Wildman–Crippen MR) is 72.7 cm³/mol. The third-order valence-corrected chi connectivity index (χ3v) is 3.11. The van der Waals surface area contributed by atoms with E-state index in [4.69, 9.17) is 16.3 Å². The third kappa shape index (κ3) is 4.46. The minimum atomic E-state index is -0.711. The Morgan fingerprint density at radius 2 is 2.21 bits per heavy atom. The highest BCUT2D eigenvalue weighted by Gasteiger charge is 2.27. The molecule has 1 aromatic rings. The molecule has 0 radical (unpaired) electrons. The van der Waals surface area contributed by atoms with Crippen LogP contribution in [0.1, 0.15) is 52.0 Å². The molecule has 1 unspecified atom stereocenters. The molecule has 0 saturated carbocycles. The molecule has 0 N–H and O–H groups in total. The first-order valence-corrected chi connectivity index (χ1v) is 6.68. The van der Waals surface area contributed by atoms with Crippen molar-refractivity contribution < 1.29 is 13.9 Å². The van der Waals surface area contributed by atoms with E-state index < -0.39 is 23.3 Å². The lowest BCUT2D eigenvalue weighted by molar-refractivity contribution is -0.158. The summed E-state index contributed by atoms with van der Waals surface area (Å²) in [4.78, 5) is 15.7. The van der Waals surface area contributed by atoms with Crippen LogP contribution in [0.2, 0.25) is 5.15 Å². The summed E-state index contributed by atoms with van der Waals surface area (Å²) in [5.41, 5.74) is -0.342. The molecule has 0 aliphatic rings. The van der Waals surface area contributed by atoms with Crippen molar-refractivity contribution in [2.45, 2.75) is 52.1 Å². The van der Waals surface area contributed by atoms with Crippen LogP contribution in [0.15, 0.2) is 12.3 Å². The fourth-order valence-corrected chi connectivity index (χ4v) is 2.07. The van der Waals surface area contributed by atoms with Crippen molar-refractivity contribution in [1.29, 1.82) is 0 Å². The number of hydrogen-bond acceptors (Lipinski definition) is 3. The minimum Gasteiger partial charge on any atom is -0.459 e. The smallest absolute Gasteiger partial charge is 0.313 e. The van der Waals surface area contributed by atoms with E-state index in [0.29, 0.717) is 0 Å². The van der Waals surface area contributed by atoms with E-state index in [0.717, 1.165) is 19.0 Å². The molecular weight excluding hydrogens is 269 g/mol. The van der Waals surface area contributed by atoms with Crippen LogP contribution in [-0.4, -0.2) is 16.6 Å². The Bertz CT molecular complexity index is 463. The zero-order valence-corrected chi connectivity index (χ0v) is 12.4. The quantitative estimate of drug-likeness (QED) is 0.604. The number of halogens is 2. The number of rotatable bonds is 5. The molecule has 0 amide bonds. The van der Waals surface area contributed by atoms with Crippen molar-refractivity contribution in [2.24, 2.45) is 0 Å². The zero-order chi connectivity index (χ0) is 14.6. The molecule has 0 saturated heterocycles. The SMILES string of the molecule is CCCC(C)(C)OC(=O)C(C)c1cc(Cl)ncc1F. The Morgan fingerprint density at radius 3 is 2.79 bits per heavy atom. The summed E-state index contributed by atoms with van der Waals surface area (Å²) in [5, 5.41) is 0.156. The van der Waals surface area contributed by atoms with Gasteiger partial charge in [-0.2, -0.15) is 0 Å². The van der Waals surface area contributed by atoms with Crippen molar-refractivity contribution in [1.82, 2.24) is 4.98 Å². The summed E-state index contributed by atoms with van der Waals surface area (Å²) < 4.78 is 19.1. The molecule has 1 heterocycles. The Hall–Kier alpha value is -1.16. The second-order valence-corrected chi connectivity index (χ2v) is 5.57. The topological polar surface area (TPSA) is 39.2 Å². The summed E-state index contributed by atoms with van der Waals surface area (Å²) in [6, 6.07) is 1.36. The van der Waals surface area contributed by atoms with Crippen molar-refractivity contribution in [3.8, 4) is 0 Å². The van der Waals surface area contributed by atoms with E-state index in [1.54, 1.807) is 6.92 Å². The van der Waals surface area contributed by atoms with Gasteiger partial charge in [0.05, 0.1) is 12.1 Å². The van der Waals surface area contributed by atoms with Crippen LogP contribution < -0.4 is 0 Å². The van der Waals surface area contributed by atoms with Crippen LogP contribution >= 0.6 is 11.6 Å². The lowest BCUT2D eigenvalue weighted by Crippen LogP contribution is -2.30. The Kier molecular flexibility index (Phi) is 5.29. The maximum absolute atomic E-state index is 13.6. The Balaban J connectivity index is 2.85. The summed E-state index contributed by atoms with van der Waals surface area (Å²) in [6.45, 7) is 7.30. The summed E-state index contributed by atoms with van der Waals surface area (Å²) >= 11 is 5.72. The first kappa shape index (κ1) is 15.9. The zero-order valence-electron chi connectivity index (χ0n) is 11.7. The number of pyridine rings is 1. The van der Waals surface area contributed by atoms with Crippen molar-refractivity contribution >= 4 is 17.6 Å². The van der Waals surface area contributed by atoms with Gasteiger partial charge in [-0.1, -0.05) is 24.9 Å². The van der Waals surface area contributed by atoms with Gasteiger partial charge in [0.25, 0.3) is 0 Å². The van der Waals surface area contributed by atoms with Crippen LogP contribution in [0.3, 0.4) is 0 Å². The van der Waals surface area contributed by atoms with Gasteiger partial charge in [0, 0.05) is 5.56 Å². The van der Waals surface area contributed by atoms with Crippen molar-refractivity contribution in [2.75, 3.05) is 0 Å². The van der Waals surface area contributed by atoms with E-state index >= 15 is 0 Å². The number of ether oxygens (including phenoxy) is 1. The molecule has 0 spiro atoms. The van der Waals surface area contributed by atoms with Gasteiger partial charge in [-0.25, -0.2) is 9.37 Å². The number of carbonyl (C=O) groups is 1. The van der Waals surface area contributed by atoms with Crippen LogP contribution in [0, 0.1) is 5.82 Å². The maximum Gasteiger partial charge on any atom is 0.313 e. The second-order valence-electron chi connectivity index (χ2n) is 5.18. The second kappa shape index (κ2) is 6.33. The predicted octanol–water partition coefficient (Wildman–Crippen LogP) is 4.10. The number of esters is 1. The van der Waals surface area contributed by atoms with Crippen LogP contribution in [0.4, 0.5) is 4.39 Å². The maximum atomic E-state index is 13.6. The first-order valence-electron chi connectivity index (χ1n) is 6.30. The van der Waals surface area contributed by atoms with Crippen molar-refractivity contribution in [3.63, 3.8) is 0 Å². The lowest BCUT2D eigenvalue weighted by atomic mass is 10.00. The van der Waals surface area contributed by atoms with Gasteiger partial charge in [-0.05, 0) is 33.3 Å². The molecule has 1 atom stereocenters. The summed E-state index contributed by atoms with van der Waals surface area (Å²) in [6.07, 6.45) is 2.67. The van der Waals surface area contributed by atoms with Gasteiger partial charge >= 0.3 is 5.97 Å². The van der Waals surface area contributed by atoms with Crippen LogP contribution in [-0.2, 0) is 9.53 Å². The highest BCUT2D eigenvalue weighted by molar-refractivity contribution is 6.29. The standard InChI is InChI=1S/C14H19ClFNO2/c1-5-6-14(3,4)19-13(18)9(2)10-7-12(15)17-8-11(10)16/h7-9H,5-6H2,1-4H3. The number of aromatic nitrogens is 1. The summed E-state index contributed by atoms with van der Waals surface area (Å²) in [5.74, 6) is -1.72. The monoisotopic (exact) mass is 287 g/mol. The molecule has 0 aromatic carbocycles. The molecule has 0 fully saturated rings. The lowest BCUT2D eigenvalue weighted by Gasteiger charge is -2.26. The number of carbonyl (C=O) groups excluding carboxylic acids is 1. The number of hydrogen-bond donors (Lipinski definition) is 0. The molecule has 1 rings (SSSR count). The van der Waals surface area contributed by atoms with Gasteiger partial charge < -0.3 is 4.74 Å². The molecule has 0 bridgehead atoms. The van der Waals surface area contributed by atoms with E-state index in [1.165, 1.54) is 6.07 Å². The summed E-state index contributed by atoms with van der Waals surface area (Å²) in [7, 11) is 0. The van der Waals surface area contributed by atoms with E-state index in [2.05, 4.69) is 4.98 Å². The minimum absolute atomic E-state index is 0.156. The van der Waals surface area contributed by atoms with Gasteiger partial charge in [0.15, 0.2) is 0 Å². The van der Waals surface area contributed by atoms with Gasteiger partial charge in [-0.15, -0.1) is 0 Å².